The van der Waals surface area contributed by atoms with Crippen LogP contribution in [0.1, 0.15) is 52.8 Å². The Morgan fingerprint density at radius 1 is 1.07 bits per heavy atom. The fraction of sp³-hybridized carbons (Fsp3) is 0.318. The Morgan fingerprint density at radius 3 is 2.50 bits per heavy atom. The summed E-state index contributed by atoms with van der Waals surface area (Å²) in [6, 6.07) is 12.3. The maximum Gasteiger partial charge on any atom is 0.257 e. The van der Waals surface area contributed by atoms with Crippen LogP contribution < -0.4 is 20.7 Å². The molecule has 0 saturated heterocycles. The number of para-hydroxylation sites is 1. The molecule has 158 valence electrons. The summed E-state index contributed by atoms with van der Waals surface area (Å²) in [4.78, 5) is 25.3. The standard InChI is InChI=1S/C22H24BrN3O3S/c1-29-19-12-11-14(13-17(19)23)20(27)26-22(30)25-18-10-6-5-9-16(18)21(28)24-15-7-3-2-4-8-15/h5-6,9-13,15H,2-4,7-8H2,1H3,(H,24,28)(H2,25,26,27,30). The van der Waals surface area contributed by atoms with Crippen molar-refractivity contribution in [3.8, 4) is 5.75 Å². The number of thiocarbonyl (C=S) groups is 1. The van der Waals surface area contributed by atoms with Crippen molar-refractivity contribution in [3.63, 3.8) is 0 Å². The van der Waals surface area contributed by atoms with Gasteiger partial charge < -0.3 is 15.4 Å². The highest BCUT2D eigenvalue weighted by atomic mass is 79.9. The number of benzene rings is 2. The maximum absolute atomic E-state index is 12.8. The van der Waals surface area contributed by atoms with Crippen LogP contribution >= 0.6 is 28.1 Å². The fourth-order valence-corrected chi connectivity index (χ4v) is 4.18. The zero-order valence-corrected chi connectivity index (χ0v) is 19.1. The number of ether oxygens (including phenoxy) is 1. The molecular formula is C22H24BrN3O3S. The summed E-state index contributed by atoms with van der Waals surface area (Å²) < 4.78 is 5.84. The largest absolute Gasteiger partial charge is 0.496 e. The van der Waals surface area contributed by atoms with Gasteiger partial charge in [0.2, 0.25) is 0 Å². The number of nitrogens with one attached hydrogen (secondary N) is 3. The molecule has 30 heavy (non-hydrogen) atoms. The van der Waals surface area contributed by atoms with E-state index in [0.29, 0.717) is 27.0 Å². The molecule has 8 heteroatoms. The van der Waals surface area contributed by atoms with Gasteiger partial charge in [-0.2, -0.15) is 0 Å². The van der Waals surface area contributed by atoms with Crippen molar-refractivity contribution in [2.45, 2.75) is 38.1 Å². The van der Waals surface area contributed by atoms with E-state index in [1.807, 2.05) is 6.07 Å². The molecule has 1 aliphatic carbocycles. The van der Waals surface area contributed by atoms with Crippen molar-refractivity contribution >= 4 is 50.8 Å². The van der Waals surface area contributed by atoms with Crippen LogP contribution in [0, 0.1) is 0 Å². The molecule has 3 rings (SSSR count). The molecule has 0 unspecified atom stereocenters. The van der Waals surface area contributed by atoms with Gasteiger partial charge in [-0.05, 0) is 71.3 Å². The fourth-order valence-electron chi connectivity index (χ4n) is 3.44. The van der Waals surface area contributed by atoms with Gasteiger partial charge in [-0.3, -0.25) is 14.9 Å². The number of anilines is 1. The normalized spacial score (nSPS) is 13.9. The molecule has 0 aromatic heterocycles. The number of methoxy groups -OCH3 is 1. The van der Waals surface area contributed by atoms with Crippen LogP contribution in [0.2, 0.25) is 0 Å². The van der Waals surface area contributed by atoms with Gasteiger partial charge in [0.15, 0.2) is 5.11 Å². The molecule has 0 spiro atoms. The summed E-state index contributed by atoms with van der Waals surface area (Å²) in [5, 5.41) is 8.84. The van der Waals surface area contributed by atoms with Crippen LogP contribution in [-0.4, -0.2) is 30.1 Å². The van der Waals surface area contributed by atoms with E-state index >= 15 is 0 Å². The minimum atomic E-state index is -0.361. The topological polar surface area (TPSA) is 79.5 Å². The quantitative estimate of drug-likeness (QED) is 0.532. The third kappa shape index (κ3) is 5.79. The van der Waals surface area contributed by atoms with Gasteiger partial charge in [-0.15, -0.1) is 0 Å². The van der Waals surface area contributed by atoms with Crippen LogP contribution in [0.4, 0.5) is 5.69 Å². The summed E-state index contributed by atoms with van der Waals surface area (Å²) in [6.45, 7) is 0. The molecule has 1 saturated carbocycles. The molecule has 0 heterocycles. The van der Waals surface area contributed by atoms with Crippen LogP contribution in [0.25, 0.3) is 0 Å². The SMILES string of the molecule is COc1ccc(C(=O)NC(=S)Nc2ccccc2C(=O)NC2CCCCC2)cc1Br. The number of halogens is 1. The van der Waals surface area contributed by atoms with E-state index in [-0.39, 0.29) is 23.0 Å². The summed E-state index contributed by atoms with van der Waals surface area (Å²) >= 11 is 8.65. The Hall–Kier alpha value is -2.45. The lowest BCUT2D eigenvalue weighted by Crippen LogP contribution is -2.37. The van der Waals surface area contributed by atoms with Crippen molar-refractivity contribution in [1.29, 1.82) is 0 Å². The lowest BCUT2D eigenvalue weighted by Gasteiger charge is -2.23. The van der Waals surface area contributed by atoms with Gasteiger partial charge in [-0.1, -0.05) is 31.4 Å². The second kappa shape index (κ2) is 10.5. The van der Waals surface area contributed by atoms with Gasteiger partial charge in [0, 0.05) is 11.6 Å². The molecular weight excluding hydrogens is 466 g/mol. The van der Waals surface area contributed by atoms with E-state index in [1.54, 1.807) is 43.5 Å². The van der Waals surface area contributed by atoms with Crippen molar-refractivity contribution in [3.05, 3.63) is 58.1 Å². The minimum Gasteiger partial charge on any atom is -0.496 e. The number of carbonyl (C=O) groups excluding carboxylic acids is 2. The first kappa shape index (κ1) is 22.2. The molecule has 1 aliphatic rings. The second-order valence-electron chi connectivity index (χ2n) is 7.11. The Kier molecular flexibility index (Phi) is 7.81. The first-order chi connectivity index (χ1) is 14.5. The Balaban J connectivity index is 1.64. The zero-order valence-electron chi connectivity index (χ0n) is 16.7. The Labute approximate surface area is 189 Å². The smallest absolute Gasteiger partial charge is 0.257 e. The highest BCUT2D eigenvalue weighted by Gasteiger charge is 2.19. The Morgan fingerprint density at radius 2 is 1.80 bits per heavy atom. The lowest BCUT2D eigenvalue weighted by molar-refractivity contribution is 0.0927. The van der Waals surface area contributed by atoms with Crippen LogP contribution in [0.15, 0.2) is 46.9 Å². The first-order valence-corrected chi connectivity index (χ1v) is 11.0. The monoisotopic (exact) mass is 489 g/mol. The van der Waals surface area contributed by atoms with E-state index in [0.717, 1.165) is 25.7 Å². The van der Waals surface area contributed by atoms with E-state index in [2.05, 4.69) is 31.9 Å². The van der Waals surface area contributed by atoms with Crippen LogP contribution in [-0.2, 0) is 0 Å². The highest BCUT2D eigenvalue weighted by Crippen LogP contribution is 2.25. The zero-order chi connectivity index (χ0) is 21.5. The van der Waals surface area contributed by atoms with E-state index in [9.17, 15) is 9.59 Å². The van der Waals surface area contributed by atoms with Gasteiger partial charge in [0.1, 0.15) is 5.75 Å². The van der Waals surface area contributed by atoms with Gasteiger partial charge in [0.05, 0.1) is 22.8 Å². The third-order valence-corrected chi connectivity index (χ3v) is 5.83. The summed E-state index contributed by atoms with van der Waals surface area (Å²) in [5.74, 6) is 0.128. The van der Waals surface area contributed by atoms with Crippen molar-refractivity contribution in [2.24, 2.45) is 0 Å². The molecule has 3 N–H and O–H groups in total. The predicted octanol–water partition coefficient (Wildman–Crippen LogP) is 4.65. The van der Waals surface area contributed by atoms with Gasteiger partial charge in [-0.25, -0.2) is 0 Å². The first-order valence-electron chi connectivity index (χ1n) is 9.83. The van der Waals surface area contributed by atoms with Crippen molar-refractivity contribution < 1.29 is 14.3 Å². The van der Waals surface area contributed by atoms with Gasteiger partial charge in [0.25, 0.3) is 11.8 Å². The molecule has 6 nitrogen and oxygen atoms in total. The number of hydrogen-bond acceptors (Lipinski definition) is 4. The molecule has 2 aromatic rings. The van der Waals surface area contributed by atoms with Gasteiger partial charge >= 0.3 is 0 Å². The minimum absolute atomic E-state index is 0.116. The number of carbonyl (C=O) groups is 2. The summed E-state index contributed by atoms with van der Waals surface area (Å²) in [5.41, 5.74) is 1.47. The van der Waals surface area contributed by atoms with Crippen molar-refractivity contribution in [2.75, 3.05) is 12.4 Å². The van der Waals surface area contributed by atoms with Crippen LogP contribution in [0.5, 0.6) is 5.75 Å². The highest BCUT2D eigenvalue weighted by molar-refractivity contribution is 9.10. The molecule has 0 radical (unpaired) electrons. The number of rotatable bonds is 5. The van der Waals surface area contributed by atoms with E-state index < -0.39 is 0 Å². The molecule has 2 amide bonds. The number of hydrogen-bond donors (Lipinski definition) is 3. The van der Waals surface area contributed by atoms with Crippen LogP contribution in [0.3, 0.4) is 0 Å². The molecule has 1 fully saturated rings. The predicted molar refractivity (Wildman–Crippen MR) is 125 cm³/mol. The molecule has 0 bridgehead atoms. The average molecular weight is 490 g/mol. The third-order valence-electron chi connectivity index (χ3n) is 5.00. The number of amides is 2. The second-order valence-corrected chi connectivity index (χ2v) is 8.37. The average Bonchev–Trinajstić information content (AvgIpc) is 2.74. The summed E-state index contributed by atoms with van der Waals surface area (Å²) in [7, 11) is 1.56. The lowest BCUT2D eigenvalue weighted by atomic mass is 9.95. The van der Waals surface area contributed by atoms with E-state index in [1.165, 1.54) is 6.42 Å². The van der Waals surface area contributed by atoms with E-state index in [4.69, 9.17) is 17.0 Å². The molecule has 0 atom stereocenters. The summed E-state index contributed by atoms with van der Waals surface area (Å²) in [6.07, 6.45) is 5.52. The maximum atomic E-state index is 12.8. The molecule has 0 aliphatic heterocycles. The Bertz CT molecular complexity index is 945. The molecule has 2 aromatic carbocycles. The van der Waals surface area contributed by atoms with Crippen molar-refractivity contribution in [1.82, 2.24) is 10.6 Å².